The molecule has 0 aliphatic heterocycles. The van der Waals surface area contributed by atoms with Crippen molar-refractivity contribution in [3.05, 3.63) is 28.3 Å². The second-order valence-corrected chi connectivity index (χ2v) is 5.11. The number of rotatable bonds is 4. The average Bonchev–Trinajstić information content (AvgIpc) is 3.03. The molecule has 1 heterocycles. The van der Waals surface area contributed by atoms with Crippen molar-refractivity contribution in [2.75, 3.05) is 11.9 Å². The van der Waals surface area contributed by atoms with Crippen molar-refractivity contribution in [1.82, 2.24) is 4.98 Å². The summed E-state index contributed by atoms with van der Waals surface area (Å²) in [6.45, 7) is 0.642. The van der Waals surface area contributed by atoms with E-state index in [-0.39, 0.29) is 11.7 Å². The van der Waals surface area contributed by atoms with E-state index in [1.165, 1.54) is 12.1 Å². The molecule has 20 heavy (non-hydrogen) atoms. The monoisotopic (exact) mass is 276 g/mol. The van der Waals surface area contributed by atoms with Gasteiger partial charge in [0.2, 0.25) is 0 Å². The second-order valence-electron chi connectivity index (χ2n) is 5.11. The van der Waals surface area contributed by atoms with Crippen molar-refractivity contribution < 1.29 is 9.34 Å². The van der Waals surface area contributed by atoms with E-state index < -0.39 is 4.92 Å². The van der Waals surface area contributed by atoms with Crippen LogP contribution in [0.5, 0.6) is 0 Å². The van der Waals surface area contributed by atoms with Crippen LogP contribution >= 0.6 is 0 Å². The lowest BCUT2D eigenvalue weighted by Gasteiger charge is -2.17. The average molecular weight is 276 g/mol. The number of oxazole rings is 1. The summed E-state index contributed by atoms with van der Waals surface area (Å²) in [6.07, 6.45) is 3.30. The van der Waals surface area contributed by atoms with E-state index in [0.717, 1.165) is 19.3 Å². The summed E-state index contributed by atoms with van der Waals surface area (Å²) >= 11 is 0. The maximum Gasteiger partial charge on any atom is 0.295 e. The summed E-state index contributed by atoms with van der Waals surface area (Å²) in [4.78, 5) is 14.6. The van der Waals surface area contributed by atoms with Crippen LogP contribution in [-0.4, -0.2) is 22.5 Å². The van der Waals surface area contributed by atoms with Crippen LogP contribution in [0.25, 0.3) is 11.1 Å². The minimum absolute atomic E-state index is 0.000834. The molecule has 0 spiro atoms. The van der Waals surface area contributed by atoms with Gasteiger partial charge in [0.15, 0.2) is 5.58 Å². The second kappa shape index (κ2) is 5.09. The number of nitrogens with zero attached hydrogens (tertiary/aromatic N) is 2. The lowest BCUT2D eigenvalue weighted by molar-refractivity contribution is -0.384. The Hall–Kier alpha value is -2.15. The van der Waals surface area contributed by atoms with E-state index >= 15 is 0 Å². The normalized spacial score (nSPS) is 22.2. The summed E-state index contributed by atoms with van der Waals surface area (Å²) in [7, 11) is 0. The van der Waals surface area contributed by atoms with Gasteiger partial charge in [0.1, 0.15) is 5.52 Å². The van der Waals surface area contributed by atoms with Gasteiger partial charge in [0.25, 0.3) is 11.7 Å². The van der Waals surface area contributed by atoms with Crippen LogP contribution in [0, 0.1) is 16.0 Å². The third-order valence-corrected chi connectivity index (χ3v) is 3.85. The number of nitrogens with one attached hydrogen (secondary N) is 1. The van der Waals surface area contributed by atoms with Crippen molar-refractivity contribution in [3.63, 3.8) is 0 Å². The van der Waals surface area contributed by atoms with Crippen molar-refractivity contribution in [3.8, 4) is 0 Å². The molecule has 2 aromatic rings. The Balaban J connectivity index is 1.84. The molecule has 1 aliphatic carbocycles. The van der Waals surface area contributed by atoms with Crippen molar-refractivity contribution in [1.29, 1.82) is 0 Å². The van der Waals surface area contributed by atoms with Crippen LogP contribution in [0.2, 0.25) is 0 Å². The van der Waals surface area contributed by atoms with Gasteiger partial charge in [-0.15, -0.1) is 0 Å². The molecule has 1 aromatic heterocycles. The number of hydrogen-bond acceptors (Lipinski definition) is 6. The van der Waals surface area contributed by atoms with Crippen molar-refractivity contribution in [2.45, 2.75) is 25.3 Å². The Kier molecular flexibility index (Phi) is 3.27. The Bertz CT molecular complexity index is 640. The third kappa shape index (κ3) is 2.32. The lowest BCUT2D eigenvalue weighted by atomic mass is 10.0. The zero-order chi connectivity index (χ0) is 14.1. The van der Waals surface area contributed by atoms with E-state index in [0.29, 0.717) is 29.6 Å². The van der Waals surface area contributed by atoms with Gasteiger partial charge in [0.05, 0.1) is 11.0 Å². The predicted molar refractivity (Wildman–Crippen MR) is 74.5 cm³/mol. The molecular formula is C13H16N4O3. The fourth-order valence-corrected chi connectivity index (χ4v) is 2.76. The molecule has 3 N–H and O–H groups in total. The van der Waals surface area contributed by atoms with E-state index in [1.54, 1.807) is 6.07 Å². The highest BCUT2D eigenvalue weighted by molar-refractivity contribution is 5.77. The van der Waals surface area contributed by atoms with Gasteiger partial charge in [-0.1, -0.05) is 6.42 Å². The minimum atomic E-state index is -0.448. The first-order valence-electron chi connectivity index (χ1n) is 6.69. The molecule has 0 bridgehead atoms. The highest BCUT2D eigenvalue weighted by atomic mass is 16.6. The van der Waals surface area contributed by atoms with Crippen molar-refractivity contribution in [2.24, 2.45) is 11.7 Å². The van der Waals surface area contributed by atoms with Crippen LogP contribution in [0.3, 0.4) is 0 Å². The van der Waals surface area contributed by atoms with E-state index in [9.17, 15) is 10.1 Å². The smallest absolute Gasteiger partial charge is 0.295 e. The minimum Gasteiger partial charge on any atom is -0.423 e. The van der Waals surface area contributed by atoms with E-state index in [4.69, 9.17) is 10.2 Å². The summed E-state index contributed by atoms with van der Waals surface area (Å²) in [5.74, 6) is 0.430. The van der Waals surface area contributed by atoms with Crippen LogP contribution in [0.15, 0.2) is 22.6 Å². The number of nitro benzene ring substituents is 1. The number of hydrogen-bond donors (Lipinski definition) is 2. The van der Waals surface area contributed by atoms with Gasteiger partial charge in [-0.25, -0.2) is 0 Å². The maximum absolute atomic E-state index is 10.7. The molecule has 3 rings (SSSR count). The first-order chi connectivity index (χ1) is 9.67. The Morgan fingerprint density at radius 3 is 3.10 bits per heavy atom. The number of nitro groups is 1. The molecule has 0 amide bonds. The van der Waals surface area contributed by atoms with Crippen LogP contribution in [0.4, 0.5) is 11.7 Å². The van der Waals surface area contributed by atoms with Gasteiger partial charge in [0, 0.05) is 12.1 Å². The Morgan fingerprint density at radius 2 is 2.35 bits per heavy atom. The van der Waals surface area contributed by atoms with Gasteiger partial charge in [-0.05, 0) is 31.4 Å². The molecule has 7 nitrogen and oxygen atoms in total. The first kappa shape index (κ1) is 12.9. The molecule has 0 radical (unpaired) electrons. The largest absolute Gasteiger partial charge is 0.423 e. The topological polar surface area (TPSA) is 107 Å². The molecule has 1 fully saturated rings. The number of benzene rings is 1. The van der Waals surface area contributed by atoms with Gasteiger partial charge < -0.3 is 15.5 Å². The summed E-state index contributed by atoms with van der Waals surface area (Å²) in [5.41, 5.74) is 6.77. The van der Waals surface area contributed by atoms with E-state index in [2.05, 4.69) is 10.3 Å². The highest BCUT2D eigenvalue weighted by Gasteiger charge is 2.27. The SMILES string of the molecule is NCC1CCCC1Nc1nc2ccc([N+](=O)[O-])cc2o1. The third-order valence-electron chi connectivity index (χ3n) is 3.85. The predicted octanol–water partition coefficient (Wildman–Crippen LogP) is 2.28. The van der Waals surface area contributed by atoms with Gasteiger partial charge in [-0.2, -0.15) is 4.98 Å². The first-order valence-corrected chi connectivity index (χ1v) is 6.69. The molecule has 0 saturated heterocycles. The highest BCUT2D eigenvalue weighted by Crippen LogP contribution is 2.29. The number of non-ortho nitro benzene ring substituents is 1. The maximum atomic E-state index is 10.7. The van der Waals surface area contributed by atoms with E-state index in [1.807, 2.05) is 0 Å². The van der Waals surface area contributed by atoms with Crippen LogP contribution in [-0.2, 0) is 0 Å². The molecule has 1 aromatic carbocycles. The van der Waals surface area contributed by atoms with Crippen molar-refractivity contribution >= 4 is 22.8 Å². The number of fused-ring (bicyclic) bond motifs is 1. The Labute approximate surface area is 115 Å². The fourth-order valence-electron chi connectivity index (χ4n) is 2.76. The van der Waals surface area contributed by atoms with Gasteiger partial charge >= 0.3 is 0 Å². The zero-order valence-electron chi connectivity index (χ0n) is 10.9. The van der Waals surface area contributed by atoms with Crippen LogP contribution in [0.1, 0.15) is 19.3 Å². The molecule has 1 saturated carbocycles. The molecule has 2 atom stereocenters. The summed E-state index contributed by atoms with van der Waals surface area (Å²) in [5, 5.41) is 14.0. The number of nitrogens with two attached hydrogens (primary N) is 1. The Morgan fingerprint density at radius 1 is 1.50 bits per heavy atom. The zero-order valence-corrected chi connectivity index (χ0v) is 10.9. The number of anilines is 1. The standard InChI is InChI=1S/C13H16N4O3/c14-7-8-2-1-3-10(8)15-13-16-11-5-4-9(17(18)19)6-12(11)20-13/h4-6,8,10H,1-3,7,14H2,(H,15,16). The molecule has 2 unspecified atom stereocenters. The molecule has 1 aliphatic rings. The summed E-state index contributed by atoms with van der Waals surface area (Å²) in [6, 6.07) is 5.08. The van der Waals surface area contributed by atoms with Gasteiger partial charge in [-0.3, -0.25) is 10.1 Å². The fraction of sp³-hybridized carbons (Fsp3) is 0.462. The summed E-state index contributed by atoms with van der Waals surface area (Å²) < 4.78 is 5.55. The number of aromatic nitrogens is 1. The lowest BCUT2D eigenvalue weighted by Crippen LogP contribution is -2.29. The van der Waals surface area contributed by atoms with Crippen LogP contribution < -0.4 is 11.1 Å². The quantitative estimate of drug-likeness (QED) is 0.655. The molecule has 7 heteroatoms. The molecular weight excluding hydrogens is 260 g/mol. The molecule has 106 valence electrons.